The van der Waals surface area contributed by atoms with Crippen molar-refractivity contribution in [3.63, 3.8) is 0 Å². The Balaban J connectivity index is 1.88. The molecular formula is C20H23ClN2O5S. The summed E-state index contributed by atoms with van der Waals surface area (Å²) in [6, 6.07) is 11.3. The lowest BCUT2D eigenvalue weighted by Gasteiger charge is -2.27. The third-order valence-electron chi connectivity index (χ3n) is 4.73. The van der Waals surface area contributed by atoms with Gasteiger partial charge in [0.2, 0.25) is 10.0 Å². The molecule has 1 heterocycles. The smallest absolute Gasteiger partial charge is 0.257 e. The third-order valence-corrected chi connectivity index (χ3v) is 6.78. The normalized spacial score (nSPS) is 14.8. The highest BCUT2D eigenvalue weighted by Crippen LogP contribution is 2.26. The monoisotopic (exact) mass is 438 g/mol. The van der Waals surface area contributed by atoms with E-state index >= 15 is 0 Å². The van der Waals surface area contributed by atoms with Gasteiger partial charge in [-0.3, -0.25) is 4.79 Å². The van der Waals surface area contributed by atoms with Crippen molar-refractivity contribution in [3.8, 4) is 5.75 Å². The second-order valence-corrected chi connectivity index (χ2v) is 9.14. The molecule has 0 unspecified atom stereocenters. The van der Waals surface area contributed by atoms with Crippen LogP contribution >= 0.6 is 11.6 Å². The summed E-state index contributed by atoms with van der Waals surface area (Å²) >= 11 is 5.89. The van der Waals surface area contributed by atoms with E-state index in [1.165, 1.54) is 36.7 Å². The van der Waals surface area contributed by atoms with Crippen molar-refractivity contribution in [2.45, 2.75) is 11.4 Å². The Hall–Kier alpha value is -2.13. The molecule has 0 radical (unpaired) electrons. The van der Waals surface area contributed by atoms with Crippen LogP contribution in [0, 0.1) is 0 Å². The average molecular weight is 439 g/mol. The molecular weight excluding hydrogens is 416 g/mol. The van der Waals surface area contributed by atoms with Gasteiger partial charge in [0.05, 0.1) is 30.8 Å². The second kappa shape index (κ2) is 9.13. The fourth-order valence-electron chi connectivity index (χ4n) is 3.06. The maximum Gasteiger partial charge on any atom is 0.257 e. The van der Waals surface area contributed by atoms with Crippen molar-refractivity contribution in [1.82, 2.24) is 9.21 Å². The van der Waals surface area contributed by atoms with Crippen molar-refractivity contribution < 1.29 is 22.7 Å². The number of hydrogen-bond acceptors (Lipinski definition) is 5. The Labute approximate surface area is 175 Å². The zero-order valence-corrected chi connectivity index (χ0v) is 17.9. The Morgan fingerprint density at radius 1 is 1.17 bits per heavy atom. The molecule has 0 bridgehead atoms. The first-order valence-electron chi connectivity index (χ1n) is 9.09. The molecule has 1 amide bonds. The summed E-state index contributed by atoms with van der Waals surface area (Å²) < 4.78 is 37.9. The van der Waals surface area contributed by atoms with Crippen molar-refractivity contribution in [2.75, 3.05) is 40.5 Å². The SMILES string of the molecule is COc1ccc(S(=O)(=O)N(C)Cc2ccc(Cl)cc2)cc1C(=O)N1CCOCC1. The molecule has 9 heteroatoms. The van der Waals surface area contributed by atoms with E-state index in [9.17, 15) is 13.2 Å². The van der Waals surface area contributed by atoms with Gasteiger partial charge in [-0.2, -0.15) is 4.31 Å². The predicted octanol–water partition coefficient (Wildman–Crippen LogP) is 2.64. The van der Waals surface area contributed by atoms with Crippen LogP contribution in [0.15, 0.2) is 47.4 Å². The topological polar surface area (TPSA) is 76.2 Å². The van der Waals surface area contributed by atoms with E-state index in [1.54, 1.807) is 29.2 Å². The average Bonchev–Trinajstić information content (AvgIpc) is 2.74. The van der Waals surface area contributed by atoms with Crippen LogP contribution < -0.4 is 4.74 Å². The summed E-state index contributed by atoms with van der Waals surface area (Å²) in [4.78, 5) is 14.6. The highest BCUT2D eigenvalue weighted by molar-refractivity contribution is 7.89. The molecule has 7 nitrogen and oxygen atoms in total. The van der Waals surface area contributed by atoms with Gasteiger partial charge in [-0.05, 0) is 35.9 Å². The largest absolute Gasteiger partial charge is 0.496 e. The number of rotatable bonds is 6. The predicted molar refractivity (Wildman–Crippen MR) is 110 cm³/mol. The molecule has 0 spiro atoms. The molecule has 0 aromatic heterocycles. The molecule has 0 atom stereocenters. The number of ether oxygens (including phenoxy) is 2. The first kappa shape index (κ1) is 21.6. The van der Waals surface area contributed by atoms with Crippen molar-refractivity contribution in [3.05, 3.63) is 58.6 Å². The summed E-state index contributed by atoms with van der Waals surface area (Å²) in [5, 5.41) is 0.584. The van der Waals surface area contributed by atoms with Crippen molar-refractivity contribution in [2.24, 2.45) is 0 Å². The highest BCUT2D eigenvalue weighted by Gasteiger charge is 2.26. The van der Waals surface area contributed by atoms with Crippen LogP contribution in [0.3, 0.4) is 0 Å². The van der Waals surface area contributed by atoms with Crippen LogP contribution in [0.5, 0.6) is 5.75 Å². The highest BCUT2D eigenvalue weighted by atomic mass is 35.5. The van der Waals surface area contributed by atoms with Crippen molar-refractivity contribution in [1.29, 1.82) is 0 Å². The van der Waals surface area contributed by atoms with Gasteiger partial charge in [0, 0.05) is 31.7 Å². The lowest BCUT2D eigenvalue weighted by atomic mass is 10.1. The number of nitrogens with zero attached hydrogens (tertiary/aromatic N) is 2. The van der Waals surface area contributed by atoms with E-state index < -0.39 is 10.0 Å². The molecule has 0 N–H and O–H groups in total. The zero-order valence-electron chi connectivity index (χ0n) is 16.3. The molecule has 1 aliphatic rings. The number of morpholine rings is 1. The van der Waals surface area contributed by atoms with Crippen LogP contribution in [0.1, 0.15) is 15.9 Å². The van der Waals surface area contributed by atoms with E-state index in [1.807, 2.05) is 0 Å². The van der Waals surface area contributed by atoms with Crippen LogP contribution in [-0.4, -0.2) is 64.0 Å². The summed E-state index contributed by atoms with van der Waals surface area (Å²) in [7, 11) is -0.861. The van der Waals surface area contributed by atoms with Crippen LogP contribution in [0.4, 0.5) is 0 Å². The van der Waals surface area contributed by atoms with Gasteiger partial charge < -0.3 is 14.4 Å². The van der Waals surface area contributed by atoms with Gasteiger partial charge in [0.1, 0.15) is 5.75 Å². The summed E-state index contributed by atoms with van der Waals surface area (Å²) in [5.74, 6) is 0.0587. The van der Waals surface area contributed by atoms with Crippen molar-refractivity contribution >= 4 is 27.5 Å². The maximum atomic E-state index is 13.1. The molecule has 2 aromatic carbocycles. The minimum atomic E-state index is -3.81. The minimum Gasteiger partial charge on any atom is -0.496 e. The Morgan fingerprint density at radius 2 is 1.83 bits per heavy atom. The maximum absolute atomic E-state index is 13.1. The van der Waals surface area contributed by atoms with Gasteiger partial charge in [-0.25, -0.2) is 8.42 Å². The van der Waals surface area contributed by atoms with Gasteiger partial charge in [-0.15, -0.1) is 0 Å². The van der Waals surface area contributed by atoms with Gasteiger partial charge >= 0.3 is 0 Å². The second-order valence-electron chi connectivity index (χ2n) is 6.65. The van der Waals surface area contributed by atoms with E-state index in [2.05, 4.69) is 0 Å². The minimum absolute atomic E-state index is 0.0337. The lowest BCUT2D eigenvalue weighted by molar-refractivity contribution is 0.0300. The summed E-state index contributed by atoms with van der Waals surface area (Å²) in [5.41, 5.74) is 1.02. The Morgan fingerprint density at radius 3 is 2.45 bits per heavy atom. The number of halogens is 1. The number of sulfonamides is 1. The fourth-order valence-corrected chi connectivity index (χ4v) is 4.38. The molecule has 1 saturated heterocycles. The number of hydrogen-bond donors (Lipinski definition) is 0. The van der Waals surface area contributed by atoms with E-state index in [0.717, 1.165) is 5.56 Å². The van der Waals surface area contributed by atoms with Gasteiger partial charge in [0.25, 0.3) is 5.91 Å². The first-order chi connectivity index (χ1) is 13.8. The van der Waals surface area contributed by atoms with E-state index in [-0.39, 0.29) is 22.9 Å². The van der Waals surface area contributed by atoms with E-state index in [4.69, 9.17) is 21.1 Å². The Kier molecular flexibility index (Phi) is 6.79. The first-order valence-corrected chi connectivity index (χ1v) is 10.9. The lowest BCUT2D eigenvalue weighted by Crippen LogP contribution is -2.40. The standard InChI is InChI=1S/C20H23ClN2O5S/c1-22(14-15-3-5-16(21)6-4-15)29(25,26)17-7-8-19(27-2)18(13-17)20(24)23-9-11-28-12-10-23/h3-8,13H,9-12,14H2,1-2H3. The van der Waals surface area contributed by atoms with Gasteiger partial charge in [-0.1, -0.05) is 23.7 Å². The zero-order chi connectivity index (χ0) is 21.0. The number of benzene rings is 2. The number of carbonyl (C=O) groups excluding carboxylic acids is 1. The molecule has 0 saturated carbocycles. The summed E-state index contributed by atoms with van der Waals surface area (Å²) in [6.07, 6.45) is 0. The Bertz CT molecular complexity index is 973. The molecule has 1 fully saturated rings. The van der Waals surface area contributed by atoms with Crippen LogP contribution in [0.25, 0.3) is 0 Å². The molecule has 3 rings (SSSR count). The molecule has 0 aliphatic carbocycles. The van der Waals surface area contributed by atoms with Gasteiger partial charge in [0.15, 0.2) is 0 Å². The molecule has 1 aliphatic heterocycles. The van der Waals surface area contributed by atoms with Crippen LogP contribution in [0.2, 0.25) is 5.02 Å². The molecule has 2 aromatic rings. The van der Waals surface area contributed by atoms with E-state index in [0.29, 0.717) is 37.1 Å². The number of methoxy groups -OCH3 is 1. The quantitative estimate of drug-likeness (QED) is 0.693. The third kappa shape index (κ3) is 4.90. The fraction of sp³-hybridized carbons (Fsp3) is 0.350. The number of amides is 1. The summed E-state index contributed by atoms with van der Waals surface area (Å²) in [6.45, 7) is 1.99. The molecule has 29 heavy (non-hydrogen) atoms. The number of carbonyl (C=O) groups is 1. The van der Waals surface area contributed by atoms with Crippen LogP contribution in [-0.2, 0) is 21.3 Å². The molecule has 156 valence electrons.